The normalized spacial score (nSPS) is 10.4. The first-order chi connectivity index (χ1) is 8.58. The molecule has 0 fully saturated rings. The minimum atomic E-state index is -0.0826. The number of carbonyl (C=O) groups is 1. The van der Waals surface area contributed by atoms with Crippen LogP contribution in [0.25, 0.3) is 0 Å². The van der Waals surface area contributed by atoms with Gasteiger partial charge in [0.05, 0.1) is 15.1 Å². The molecule has 0 unspecified atom stereocenters. The van der Waals surface area contributed by atoms with Crippen molar-refractivity contribution in [2.75, 3.05) is 0 Å². The smallest absolute Gasteiger partial charge is 0.168 e. The Labute approximate surface area is 120 Å². The molecule has 0 aliphatic carbocycles. The maximum absolute atomic E-state index is 12.0. The van der Waals surface area contributed by atoms with Crippen LogP contribution in [0, 0.1) is 0 Å². The lowest BCUT2D eigenvalue weighted by atomic mass is 10.0. The summed E-state index contributed by atoms with van der Waals surface area (Å²) in [5.41, 5.74) is 1.25. The van der Waals surface area contributed by atoms with Crippen LogP contribution in [-0.2, 0) is 6.42 Å². The molecule has 0 aliphatic rings. The largest absolute Gasteiger partial charge is 0.294 e. The summed E-state index contributed by atoms with van der Waals surface area (Å²) in [4.78, 5) is 15.9. The van der Waals surface area contributed by atoms with Gasteiger partial charge in [0.15, 0.2) is 5.78 Å². The standard InChI is InChI=1S/C13H8Cl3NO/c14-10-2-1-8(5-11(10)15)6-13(18)9-3-4-17-7-12(9)16/h1-5,7H,6H2. The molecule has 0 bridgehead atoms. The molecule has 0 saturated heterocycles. The summed E-state index contributed by atoms with van der Waals surface area (Å²) in [5, 5.41) is 1.25. The average molecular weight is 301 g/mol. The molecular formula is C13H8Cl3NO. The zero-order valence-electron chi connectivity index (χ0n) is 9.16. The number of rotatable bonds is 3. The fourth-order valence-corrected chi connectivity index (χ4v) is 2.08. The molecule has 1 aromatic heterocycles. The van der Waals surface area contributed by atoms with Gasteiger partial charge in [-0.3, -0.25) is 9.78 Å². The summed E-state index contributed by atoms with van der Waals surface area (Å²) in [6.07, 6.45) is 3.21. The fourth-order valence-electron chi connectivity index (χ4n) is 1.53. The molecule has 2 aromatic rings. The molecule has 0 saturated carbocycles. The van der Waals surface area contributed by atoms with E-state index in [1.54, 1.807) is 24.3 Å². The Morgan fingerprint density at radius 2 is 1.83 bits per heavy atom. The maximum Gasteiger partial charge on any atom is 0.168 e. The van der Waals surface area contributed by atoms with Crippen LogP contribution >= 0.6 is 34.8 Å². The predicted molar refractivity (Wildman–Crippen MR) is 73.7 cm³/mol. The predicted octanol–water partition coefficient (Wildman–Crippen LogP) is 4.47. The number of carbonyl (C=O) groups excluding carboxylic acids is 1. The Kier molecular flexibility index (Phi) is 4.23. The molecule has 0 amide bonds. The average Bonchev–Trinajstić information content (AvgIpc) is 2.34. The van der Waals surface area contributed by atoms with Crippen molar-refractivity contribution in [3.05, 3.63) is 62.9 Å². The van der Waals surface area contributed by atoms with E-state index in [0.717, 1.165) is 5.56 Å². The number of hydrogen-bond donors (Lipinski definition) is 0. The summed E-state index contributed by atoms with van der Waals surface area (Å²) in [6, 6.07) is 6.71. The van der Waals surface area contributed by atoms with Crippen LogP contribution in [0.2, 0.25) is 15.1 Å². The fraction of sp³-hybridized carbons (Fsp3) is 0.0769. The van der Waals surface area contributed by atoms with E-state index in [4.69, 9.17) is 34.8 Å². The Morgan fingerprint density at radius 1 is 1.06 bits per heavy atom. The molecule has 0 aliphatic heterocycles. The number of pyridine rings is 1. The van der Waals surface area contributed by atoms with Gasteiger partial charge in [-0.2, -0.15) is 0 Å². The van der Waals surface area contributed by atoms with Crippen LogP contribution in [0.1, 0.15) is 15.9 Å². The van der Waals surface area contributed by atoms with E-state index in [1.165, 1.54) is 12.4 Å². The van der Waals surface area contributed by atoms with E-state index in [1.807, 2.05) is 0 Å². The van der Waals surface area contributed by atoms with Crippen molar-refractivity contribution in [1.82, 2.24) is 4.98 Å². The lowest BCUT2D eigenvalue weighted by Crippen LogP contribution is -2.04. The van der Waals surface area contributed by atoms with Crippen LogP contribution in [0.5, 0.6) is 0 Å². The van der Waals surface area contributed by atoms with Crippen LogP contribution in [0.4, 0.5) is 0 Å². The van der Waals surface area contributed by atoms with E-state index in [2.05, 4.69) is 4.98 Å². The highest BCUT2D eigenvalue weighted by molar-refractivity contribution is 6.42. The molecule has 0 spiro atoms. The molecule has 1 heterocycles. The number of hydrogen-bond acceptors (Lipinski definition) is 2. The Morgan fingerprint density at radius 3 is 2.50 bits per heavy atom. The van der Waals surface area contributed by atoms with Gasteiger partial charge in [-0.05, 0) is 23.8 Å². The summed E-state index contributed by atoms with van der Waals surface area (Å²) in [5.74, 6) is -0.0826. The van der Waals surface area contributed by atoms with Gasteiger partial charge in [-0.15, -0.1) is 0 Å². The second kappa shape index (κ2) is 5.70. The molecule has 5 heteroatoms. The third-order valence-electron chi connectivity index (χ3n) is 2.42. The van der Waals surface area contributed by atoms with Crippen LogP contribution < -0.4 is 0 Å². The highest BCUT2D eigenvalue weighted by Crippen LogP contribution is 2.24. The van der Waals surface area contributed by atoms with E-state index in [9.17, 15) is 4.79 Å². The van der Waals surface area contributed by atoms with Crippen molar-refractivity contribution in [1.29, 1.82) is 0 Å². The quantitative estimate of drug-likeness (QED) is 0.783. The molecular weight excluding hydrogens is 293 g/mol. The molecule has 92 valence electrons. The second-order valence-corrected chi connectivity index (χ2v) is 4.93. The molecule has 0 radical (unpaired) electrons. The van der Waals surface area contributed by atoms with Crippen LogP contribution in [0.15, 0.2) is 36.7 Å². The SMILES string of the molecule is O=C(Cc1ccc(Cl)c(Cl)c1)c1ccncc1Cl. The Balaban J connectivity index is 2.22. The summed E-state index contributed by atoms with van der Waals surface area (Å²) in [6.45, 7) is 0. The van der Waals surface area contributed by atoms with Gasteiger partial charge in [0.2, 0.25) is 0 Å². The van der Waals surface area contributed by atoms with Crippen LogP contribution in [-0.4, -0.2) is 10.8 Å². The third kappa shape index (κ3) is 3.02. The van der Waals surface area contributed by atoms with E-state index < -0.39 is 0 Å². The van der Waals surface area contributed by atoms with Crippen molar-refractivity contribution in [2.24, 2.45) is 0 Å². The summed E-state index contributed by atoms with van der Waals surface area (Å²) >= 11 is 17.6. The maximum atomic E-state index is 12.0. The van der Waals surface area contributed by atoms with Crippen molar-refractivity contribution in [2.45, 2.75) is 6.42 Å². The van der Waals surface area contributed by atoms with Gasteiger partial charge >= 0.3 is 0 Å². The molecule has 2 rings (SSSR count). The lowest BCUT2D eigenvalue weighted by Gasteiger charge is -2.04. The zero-order valence-corrected chi connectivity index (χ0v) is 11.4. The minimum absolute atomic E-state index is 0.0826. The first-order valence-electron chi connectivity index (χ1n) is 5.14. The van der Waals surface area contributed by atoms with Gasteiger partial charge in [-0.25, -0.2) is 0 Å². The van der Waals surface area contributed by atoms with Gasteiger partial charge < -0.3 is 0 Å². The number of ketones is 1. The van der Waals surface area contributed by atoms with Gasteiger partial charge in [0.1, 0.15) is 0 Å². The van der Waals surface area contributed by atoms with E-state index in [0.29, 0.717) is 20.6 Å². The number of benzene rings is 1. The Bertz CT molecular complexity index is 599. The number of halogens is 3. The monoisotopic (exact) mass is 299 g/mol. The first kappa shape index (κ1) is 13.3. The van der Waals surface area contributed by atoms with Gasteiger partial charge in [0, 0.05) is 24.4 Å². The Hall–Kier alpha value is -1.09. The molecule has 1 aromatic carbocycles. The van der Waals surface area contributed by atoms with Gasteiger partial charge in [-0.1, -0.05) is 40.9 Å². The third-order valence-corrected chi connectivity index (χ3v) is 3.46. The van der Waals surface area contributed by atoms with Crippen LogP contribution in [0.3, 0.4) is 0 Å². The second-order valence-electron chi connectivity index (χ2n) is 3.70. The summed E-state index contributed by atoms with van der Waals surface area (Å²) in [7, 11) is 0. The van der Waals surface area contributed by atoms with E-state index in [-0.39, 0.29) is 12.2 Å². The first-order valence-corrected chi connectivity index (χ1v) is 6.28. The molecule has 0 N–H and O–H groups in total. The molecule has 18 heavy (non-hydrogen) atoms. The highest BCUT2D eigenvalue weighted by atomic mass is 35.5. The van der Waals surface area contributed by atoms with Crippen molar-refractivity contribution in [3.8, 4) is 0 Å². The van der Waals surface area contributed by atoms with Crippen molar-refractivity contribution >= 4 is 40.6 Å². The molecule has 0 atom stereocenters. The molecule has 2 nitrogen and oxygen atoms in total. The van der Waals surface area contributed by atoms with Crippen molar-refractivity contribution in [3.63, 3.8) is 0 Å². The number of Topliss-reactive ketones (excluding diaryl/α,β-unsaturated/α-hetero) is 1. The van der Waals surface area contributed by atoms with Crippen molar-refractivity contribution < 1.29 is 4.79 Å². The topological polar surface area (TPSA) is 30.0 Å². The minimum Gasteiger partial charge on any atom is -0.294 e. The number of aromatic nitrogens is 1. The number of nitrogens with zero attached hydrogens (tertiary/aromatic N) is 1. The van der Waals surface area contributed by atoms with Gasteiger partial charge in [0.25, 0.3) is 0 Å². The van der Waals surface area contributed by atoms with E-state index >= 15 is 0 Å². The summed E-state index contributed by atoms with van der Waals surface area (Å²) < 4.78 is 0. The highest BCUT2D eigenvalue weighted by Gasteiger charge is 2.11. The lowest BCUT2D eigenvalue weighted by molar-refractivity contribution is 0.0993. The zero-order chi connectivity index (χ0) is 13.1.